The third-order valence-electron chi connectivity index (χ3n) is 2.72. The maximum atomic E-state index is 13.5. The van der Waals surface area contributed by atoms with Gasteiger partial charge >= 0.3 is 5.97 Å². The van der Waals surface area contributed by atoms with Gasteiger partial charge in [-0.05, 0) is 38.1 Å². The second kappa shape index (κ2) is 8.38. The van der Waals surface area contributed by atoms with Crippen molar-refractivity contribution < 1.29 is 23.8 Å². The summed E-state index contributed by atoms with van der Waals surface area (Å²) in [6.45, 7) is 1.99. The predicted octanol–water partition coefficient (Wildman–Crippen LogP) is 3.59. The van der Waals surface area contributed by atoms with Gasteiger partial charge in [0.1, 0.15) is 18.2 Å². The lowest BCUT2D eigenvalue weighted by atomic mass is 10.1. The van der Waals surface area contributed by atoms with E-state index in [0.29, 0.717) is 4.47 Å². The molecule has 0 aliphatic carbocycles. The van der Waals surface area contributed by atoms with Crippen LogP contribution in [0.25, 0.3) is 6.08 Å². The van der Waals surface area contributed by atoms with Crippen LogP contribution in [0.15, 0.2) is 40.1 Å². The monoisotopic (exact) mass is 383 g/mol. The average Bonchev–Trinajstić information content (AvgIpc) is 2.45. The van der Waals surface area contributed by atoms with Crippen molar-refractivity contribution in [3.8, 4) is 0 Å². The zero-order valence-corrected chi connectivity index (χ0v) is 14.1. The summed E-state index contributed by atoms with van der Waals surface area (Å²) in [6.07, 6.45) is 2.24. The van der Waals surface area contributed by atoms with Crippen molar-refractivity contribution in [3.05, 3.63) is 51.5 Å². The molecule has 0 amide bonds. The molecule has 0 aliphatic heterocycles. The summed E-state index contributed by atoms with van der Waals surface area (Å²) in [6, 6.07) is 4.26. The summed E-state index contributed by atoms with van der Waals surface area (Å²) in [5.74, 6) is -2.32. The highest BCUT2D eigenvalue weighted by Gasteiger charge is 2.14. The molecule has 7 heteroatoms. The molecule has 122 valence electrons. The largest absolute Gasteiger partial charge is 0.508 e. The lowest BCUT2D eigenvalue weighted by Crippen LogP contribution is -2.14. The first-order valence-corrected chi connectivity index (χ1v) is 7.30. The first kappa shape index (κ1) is 18.8. The zero-order chi connectivity index (χ0) is 17.6. The van der Waals surface area contributed by atoms with E-state index in [-0.39, 0.29) is 16.8 Å². The molecule has 0 saturated carbocycles. The third kappa shape index (κ3) is 5.78. The molecule has 0 aromatic heterocycles. The molecule has 23 heavy (non-hydrogen) atoms. The summed E-state index contributed by atoms with van der Waals surface area (Å²) in [4.78, 5) is 22.9. The fourth-order valence-electron chi connectivity index (χ4n) is 1.74. The van der Waals surface area contributed by atoms with E-state index in [2.05, 4.69) is 15.9 Å². The fraction of sp³-hybridized carbons (Fsp3) is 0.188. The van der Waals surface area contributed by atoms with E-state index < -0.39 is 29.9 Å². The second-order valence-corrected chi connectivity index (χ2v) is 5.53. The Morgan fingerprint density at radius 3 is 2.61 bits per heavy atom. The topological polar surface area (TPSA) is 87.5 Å². The average molecular weight is 384 g/mol. The summed E-state index contributed by atoms with van der Waals surface area (Å²) in [5.41, 5.74) is -0.131. The molecular formula is C16H15BrFNO4. The highest BCUT2D eigenvalue weighted by Crippen LogP contribution is 2.16. The number of hydrogen-bond acceptors (Lipinski definition) is 5. The minimum atomic E-state index is -0.818. The van der Waals surface area contributed by atoms with Crippen LogP contribution in [0.1, 0.15) is 19.4 Å². The van der Waals surface area contributed by atoms with Gasteiger partial charge in [0, 0.05) is 21.8 Å². The number of halogens is 2. The van der Waals surface area contributed by atoms with Crippen LogP contribution in [-0.4, -0.2) is 29.2 Å². The van der Waals surface area contributed by atoms with E-state index in [0.717, 1.165) is 6.08 Å². The van der Waals surface area contributed by atoms with E-state index in [1.54, 1.807) is 0 Å². The van der Waals surface area contributed by atoms with Gasteiger partial charge in [0.25, 0.3) is 0 Å². The quantitative estimate of drug-likeness (QED) is 0.340. The molecule has 1 aromatic carbocycles. The Labute approximate surface area is 141 Å². The predicted molar refractivity (Wildman–Crippen MR) is 87.8 cm³/mol. The van der Waals surface area contributed by atoms with Crippen molar-refractivity contribution in [2.75, 3.05) is 6.61 Å². The van der Waals surface area contributed by atoms with Crippen LogP contribution >= 0.6 is 15.9 Å². The Morgan fingerprint density at radius 2 is 2.04 bits per heavy atom. The number of carbonyl (C=O) groups excluding carboxylic acids is 2. The lowest BCUT2D eigenvalue weighted by molar-refractivity contribution is -0.137. The van der Waals surface area contributed by atoms with E-state index in [1.807, 2.05) is 0 Å². The van der Waals surface area contributed by atoms with Crippen LogP contribution in [0.5, 0.6) is 0 Å². The number of Topliss-reactive ketones (excluding diaryl/α,β-unsaturated/α-hetero) is 1. The van der Waals surface area contributed by atoms with Crippen molar-refractivity contribution in [3.63, 3.8) is 0 Å². The van der Waals surface area contributed by atoms with Crippen LogP contribution in [0.2, 0.25) is 0 Å². The molecule has 0 unspecified atom stereocenters. The molecule has 0 saturated heterocycles. The normalized spacial score (nSPS) is 12.0. The molecule has 5 nitrogen and oxygen atoms in total. The van der Waals surface area contributed by atoms with Crippen LogP contribution < -0.4 is 0 Å². The number of esters is 1. The maximum Gasteiger partial charge on any atom is 0.331 e. The molecule has 1 aromatic rings. The van der Waals surface area contributed by atoms with Gasteiger partial charge < -0.3 is 15.3 Å². The standard InChI is InChI=1S/C16H15BrFNO4/c1-9(19)16(10(2)20)14(21)8-23-15(22)6-3-11-7-12(17)4-5-13(11)18/h3-7,19,21H,8H2,1-2H3/b6-3+,16-14-,19-9?. The van der Waals surface area contributed by atoms with Gasteiger partial charge in [-0.1, -0.05) is 15.9 Å². The summed E-state index contributed by atoms with van der Waals surface area (Å²) in [7, 11) is 0. The molecular weight excluding hydrogens is 369 g/mol. The second-order valence-electron chi connectivity index (χ2n) is 4.61. The number of ketones is 1. The van der Waals surface area contributed by atoms with Crippen molar-refractivity contribution in [1.29, 1.82) is 5.41 Å². The van der Waals surface area contributed by atoms with E-state index in [1.165, 1.54) is 38.1 Å². The molecule has 0 aliphatic rings. The van der Waals surface area contributed by atoms with E-state index in [9.17, 15) is 19.1 Å². The molecule has 0 heterocycles. The van der Waals surface area contributed by atoms with Crippen molar-refractivity contribution >= 4 is 39.5 Å². The van der Waals surface area contributed by atoms with Gasteiger partial charge in [-0.25, -0.2) is 9.18 Å². The Bertz CT molecular complexity index is 694. The number of allylic oxidation sites excluding steroid dienone is 1. The van der Waals surface area contributed by atoms with Crippen molar-refractivity contribution in [2.45, 2.75) is 13.8 Å². The lowest BCUT2D eigenvalue weighted by Gasteiger charge is -2.06. The smallest absolute Gasteiger partial charge is 0.331 e. The number of aliphatic hydroxyl groups is 1. The molecule has 1 rings (SSSR count). The Hall–Kier alpha value is -2.28. The molecule has 0 bridgehead atoms. The van der Waals surface area contributed by atoms with Crippen LogP contribution in [0.4, 0.5) is 4.39 Å². The van der Waals surface area contributed by atoms with E-state index in [4.69, 9.17) is 10.1 Å². The minimum absolute atomic E-state index is 0.127. The number of carbonyl (C=O) groups is 2. The maximum absolute atomic E-state index is 13.5. The van der Waals surface area contributed by atoms with Gasteiger partial charge in [-0.2, -0.15) is 0 Å². The number of aliphatic hydroxyl groups excluding tert-OH is 1. The fourth-order valence-corrected chi connectivity index (χ4v) is 2.12. The SMILES string of the molecule is CC(=N)/C(C(C)=O)=C(/O)COC(=O)/C=C/c1cc(Br)ccc1F. The molecule has 2 N–H and O–H groups in total. The Morgan fingerprint density at radius 1 is 1.39 bits per heavy atom. The zero-order valence-electron chi connectivity index (χ0n) is 12.5. The minimum Gasteiger partial charge on any atom is -0.508 e. The third-order valence-corrected chi connectivity index (χ3v) is 3.22. The molecule has 0 radical (unpaired) electrons. The molecule has 0 atom stereocenters. The van der Waals surface area contributed by atoms with Gasteiger partial charge in [-0.3, -0.25) is 4.79 Å². The summed E-state index contributed by atoms with van der Waals surface area (Å²) >= 11 is 3.19. The Kier molecular flexibility index (Phi) is 6.84. The first-order valence-electron chi connectivity index (χ1n) is 6.50. The van der Waals surface area contributed by atoms with Crippen LogP contribution in [0.3, 0.4) is 0 Å². The highest BCUT2D eigenvalue weighted by atomic mass is 79.9. The van der Waals surface area contributed by atoms with Crippen LogP contribution in [-0.2, 0) is 14.3 Å². The van der Waals surface area contributed by atoms with Crippen LogP contribution in [0, 0.1) is 11.2 Å². The number of benzene rings is 1. The van der Waals surface area contributed by atoms with Crippen molar-refractivity contribution in [1.82, 2.24) is 0 Å². The number of hydrogen-bond donors (Lipinski definition) is 2. The number of ether oxygens (including phenoxy) is 1. The molecule has 0 spiro atoms. The first-order chi connectivity index (χ1) is 10.7. The van der Waals surface area contributed by atoms with Crippen molar-refractivity contribution in [2.24, 2.45) is 0 Å². The molecule has 0 fully saturated rings. The van der Waals surface area contributed by atoms with Gasteiger partial charge in [0.2, 0.25) is 0 Å². The van der Waals surface area contributed by atoms with Gasteiger partial charge in [0.15, 0.2) is 5.78 Å². The van der Waals surface area contributed by atoms with E-state index >= 15 is 0 Å². The Balaban J connectivity index is 2.76. The number of rotatable bonds is 6. The van der Waals surface area contributed by atoms with Gasteiger partial charge in [0.05, 0.1) is 5.57 Å². The summed E-state index contributed by atoms with van der Waals surface area (Å²) < 4.78 is 18.9. The van der Waals surface area contributed by atoms with Gasteiger partial charge in [-0.15, -0.1) is 0 Å². The summed E-state index contributed by atoms with van der Waals surface area (Å²) in [5, 5.41) is 17.1. The highest BCUT2D eigenvalue weighted by molar-refractivity contribution is 9.10. The number of nitrogens with one attached hydrogen (secondary N) is 1.